The first-order chi connectivity index (χ1) is 6.81. The lowest BCUT2D eigenvalue weighted by Gasteiger charge is -1.97. The fourth-order valence-electron chi connectivity index (χ4n) is 0.129. The summed E-state index contributed by atoms with van der Waals surface area (Å²) in [5.41, 5.74) is 0. The Morgan fingerprint density at radius 1 is 0.938 bits per heavy atom. The van der Waals surface area contributed by atoms with Crippen molar-refractivity contribution in [2.24, 2.45) is 0 Å². The molecule has 0 bridgehead atoms. The summed E-state index contributed by atoms with van der Waals surface area (Å²) >= 11 is 0. The first kappa shape index (κ1) is 20.9. The first-order valence-corrected chi connectivity index (χ1v) is 4.23. The van der Waals surface area contributed by atoms with E-state index in [4.69, 9.17) is 10.2 Å². The quantitative estimate of drug-likeness (QED) is 0.748. The molecule has 0 saturated carbocycles. The Balaban J connectivity index is -0.000000160. The SMILES string of the molecule is CC(F)(F)F.CC(F)(F)F.CCC(O)CO. The minimum absolute atomic E-state index is 0.115. The summed E-state index contributed by atoms with van der Waals surface area (Å²) in [4.78, 5) is 0. The Bertz CT molecular complexity index is 114. The van der Waals surface area contributed by atoms with E-state index in [1.807, 2.05) is 6.92 Å². The summed E-state index contributed by atoms with van der Waals surface area (Å²) in [6.07, 6.45) is -7.87. The molecule has 0 fully saturated rings. The predicted octanol–water partition coefficient (Wildman–Crippen LogP) is 2.89. The normalized spacial score (nSPS) is 12.9. The van der Waals surface area contributed by atoms with E-state index in [1.54, 1.807) is 0 Å². The summed E-state index contributed by atoms with van der Waals surface area (Å²) < 4.78 is 62.1. The van der Waals surface area contributed by atoms with Crippen molar-refractivity contribution in [1.29, 1.82) is 0 Å². The van der Waals surface area contributed by atoms with Crippen molar-refractivity contribution in [3.8, 4) is 0 Å². The number of halogens is 6. The molecule has 0 aliphatic carbocycles. The maximum absolute atomic E-state index is 10.4. The number of alkyl halides is 6. The third-order valence-corrected chi connectivity index (χ3v) is 0.682. The molecular weight excluding hydrogens is 242 g/mol. The highest BCUT2D eigenvalue weighted by Gasteiger charge is 2.16. The Hall–Kier alpha value is -0.500. The highest BCUT2D eigenvalue weighted by molar-refractivity contribution is 4.43. The zero-order valence-corrected chi connectivity index (χ0v) is 9.15. The van der Waals surface area contributed by atoms with Crippen LogP contribution in [0.5, 0.6) is 0 Å². The van der Waals surface area contributed by atoms with E-state index in [1.165, 1.54) is 0 Å². The molecule has 8 heteroatoms. The zero-order valence-electron chi connectivity index (χ0n) is 9.15. The van der Waals surface area contributed by atoms with Gasteiger partial charge < -0.3 is 10.2 Å². The minimum atomic E-state index is -4.00. The van der Waals surface area contributed by atoms with Gasteiger partial charge in [0, 0.05) is 13.8 Å². The van der Waals surface area contributed by atoms with Crippen molar-refractivity contribution < 1.29 is 36.6 Å². The van der Waals surface area contributed by atoms with Crippen molar-refractivity contribution in [1.82, 2.24) is 0 Å². The van der Waals surface area contributed by atoms with Crippen molar-refractivity contribution in [3.63, 3.8) is 0 Å². The van der Waals surface area contributed by atoms with Gasteiger partial charge in [-0.25, -0.2) is 0 Å². The molecule has 0 radical (unpaired) electrons. The Labute approximate surface area is 89.9 Å². The van der Waals surface area contributed by atoms with Gasteiger partial charge in [0.15, 0.2) is 0 Å². The second-order valence-corrected chi connectivity index (χ2v) is 2.81. The second kappa shape index (κ2) is 9.71. The van der Waals surface area contributed by atoms with Gasteiger partial charge in [-0.15, -0.1) is 0 Å². The van der Waals surface area contributed by atoms with E-state index in [0.29, 0.717) is 6.42 Å². The molecule has 2 N–H and O–H groups in total. The Kier molecular flexibility index (Phi) is 12.7. The molecule has 0 aromatic heterocycles. The monoisotopic (exact) mass is 258 g/mol. The van der Waals surface area contributed by atoms with Gasteiger partial charge in [0.05, 0.1) is 12.7 Å². The first-order valence-electron chi connectivity index (χ1n) is 4.23. The summed E-state index contributed by atoms with van der Waals surface area (Å²) in [5.74, 6) is 0. The largest absolute Gasteiger partial charge is 0.394 e. The zero-order chi connectivity index (χ0) is 14.0. The average Bonchev–Trinajstić information content (AvgIpc) is 1.96. The number of aliphatic hydroxyl groups is 2. The van der Waals surface area contributed by atoms with E-state index >= 15 is 0 Å². The average molecular weight is 258 g/mol. The highest BCUT2D eigenvalue weighted by Crippen LogP contribution is 2.10. The van der Waals surface area contributed by atoms with Crippen LogP contribution in [0.2, 0.25) is 0 Å². The molecule has 0 aromatic rings. The highest BCUT2D eigenvalue weighted by atomic mass is 19.4. The summed E-state index contributed by atoms with van der Waals surface area (Å²) in [6, 6.07) is 0. The smallest absolute Gasteiger partial charge is 0.386 e. The molecule has 2 nitrogen and oxygen atoms in total. The van der Waals surface area contributed by atoms with Gasteiger partial charge in [-0.1, -0.05) is 6.92 Å². The van der Waals surface area contributed by atoms with Gasteiger partial charge in [0.25, 0.3) is 0 Å². The molecule has 0 rings (SSSR count). The Morgan fingerprint density at radius 3 is 1.12 bits per heavy atom. The molecule has 1 atom stereocenters. The van der Waals surface area contributed by atoms with Crippen LogP contribution in [-0.4, -0.2) is 35.3 Å². The van der Waals surface area contributed by atoms with Crippen LogP contribution in [0, 0.1) is 0 Å². The van der Waals surface area contributed by atoms with Gasteiger partial charge >= 0.3 is 12.4 Å². The van der Waals surface area contributed by atoms with Crippen LogP contribution in [0.15, 0.2) is 0 Å². The van der Waals surface area contributed by atoms with Gasteiger partial charge in [0.2, 0.25) is 0 Å². The van der Waals surface area contributed by atoms with E-state index in [0.717, 1.165) is 0 Å². The molecule has 0 heterocycles. The van der Waals surface area contributed by atoms with Crippen LogP contribution in [-0.2, 0) is 0 Å². The number of hydrogen-bond acceptors (Lipinski definition) is 2. The van der Waals surface area contributed by atoms with Crippen LogP contribution in [0.4, 0.5) is 26.3 Å². The van der Waals surface area contributed by atoms with Gasteiger partial charge in [-0.2, -0.15) is 26.3 Å². The molecule has 0 aliphatic rings. The fourth-order valence-corrected chi connectivity index (χ4v) is 0.129. The lowest BCUT2D eigenvalue weighted by molar-refractivity contribution is -0.111. The lowest BCUT2D eigenvalue weighted by atomic mass is 10.3. The van der Waals surface area contributed by atoms with Crippen molar-refractivity contribution in [2.75, 3.05) is 6.61 Å². The van der Waals surface area contributed by atoms with Crippen LogP contribution in [0.1, 0.15) is 27.2 Å². The maximum atomic E-state index is 10.4. The second-order valence-electron chi connectivity index (χ2n) is 2.81. The lowest BCUT2D eigenvalue weighted by Crippen LogP contribution is -2.08. The van der Waals surface area contributed by atoms with Gasteiger partial charge in [-0.05, 0) is 6.42 Å². The van der Waals surface area contributed by atoms with Crippen LogP contribution >= 0.6 is 0 Å². The van der Waals surface area contributed by atoms with Gasteiger partial charge in [-0.3, -0.25) is 0 Å². The topological polar surface area (TPSA) is 40.5 Å². The molecule has 16 heavy (non-hydrogen) atoms. The summed E-state index contributed by atoms with van der Waals surface area (Å²) in [7, 11) is 0. The predicted molar refractivity (Wildman–Crippen MR) is 46.8 cm³/mol. The number of rotatable bonds is 2. The molecule has 0 aromatic carbocycles. The van der Waals surface area contributed by atoms with Crippen LogP contribution < -0.4 is 0 Å². The molecule has 0 aliphatic heterocycles. The fraction of sp³-hybridized carbons (Fsp3) is 1.00. The molecule has 0 amide bonds. The standard InChI is InChI=1S/C4H10O2.2C2H3F3/c1-2-4(6)3-5;2*1-2(3,4)5/h4-6H,2-3H2,1H3;2*1H3. The van der Waals surface area contributed by atoms with Crippen LogP contribution in [0.25, 0.3) is 0 Å². The summed E-state index contributed by atoms with van der Waals surface area (Å²) in [6.45, 7) is 2.08. The van der Waals surface area contributed by atoms with Gasteiger partial charge in [0.1, 0.15) is 0 Å². The minimum Gasteiger partial charge on any atom is -0.394 e. The molecule has 0 spiro atoms. The number of aliphatic hydroxyl groups excluding tert-OH is 2. The summed E-state index contributed by atoms with van der Waals surface area (Å²) in [5, 5.41) is 16.5. The van der Waals surface area contributed by atoms with Crippen molar-refractivity contribution in [2.45, 2.75) is 45.6 Å². The third kappa shape index (κ3) is 172. The van der Waals surface area contributed by atoms with Crippen molar-refractivity contribution >= 4 is 0 Å². The van der Waals surface area contributed by atoms with Crippen LogP contribution in [0.3, 0.4) is 0 Å². The van der Waals surface area contributed by atoms with E-state index in [2.05, 4.69) is 0 Å². The number of hydrogen-bond donors (Lipinski definition) is 2. The van der Waals surface area contributed by atoms with Crippen molar-refractivity contribution in [3.05, 3.63) is 0 Å². The maximum Gasteiger partial charge on any atom is 0.386 e. The molecule has 1 unspecified atom stereocenters. The third-order valence-electron chi connectivity index (χ3n) is 0.682. The van der Waals surface area contributed by atoms with E-state index < -0.39 is 18.5 Å². The molecular formula is C8H16F6O2. The van der Waals surface area contributed by atoms with E-state index in [9.17, 15) is 26.3 Å². The Morgan fingerprint density at radius 2 is 1.12 bits per heavy atom. The molecule has 0 saturated heterocycles. The van der Waals surface area contributed by atoms with E-state index in [-0.39, 0.29) is 20.5 Å². The molecule has 102 valence electrons.